The van der Waals surface area contributed by atoms with Gasteiger partial charge in [-0.05, 0) is 12.1 Å². The Labute approximate surface area is 142 Å². The Hall–Kier alpha value is -2.06. The van der Waals surface area contributed by atoms with Crippen molar-refractivity contribution in [2.75, 3.05) is 0 Å². The number of carbonyl (C=O) groups excluding carboxylic acids is 3. The second kappa shape index (κ2) is 6.82. The molecular formula is C16H16O7S. The van der Waals surface area contributed by atoms with Gasteiger partial charge in [-0.3, -0.25) is 9.59 Å². The molecule has 2 saturated heterocycles. The van der Waals surface area contributed by atoms with E-state index in [1.165, 1.54) is 25.6 Å². The molecule has 5 atom stereocenters. The maximum absolute atomic E-state index is 11.9. The number of fused-ring (bicyclic) bond motifs is 1. The van der Waals surface area contributed by atoms with Crippen LogP contribution in [-0.4, -0.2) is 47.8 Å². The van der Waals surface area contributed by atoms with Crippen LogP contribution in [0.1, 0.15) is 13.8 Å². The Morgan fingerprint density at radius 3 is 2.33 bits per heavy atom. The van der Waals surface area contributed by atoms with Gasteiger partial charge in [0.2, 0.25) is 6.10 Å². The Morgan fingerprint density at radius 2 is 1.71 bits per heavy atom. The van der Waals surface area contributed by atoms with Crippen molar-refractivity contribution < 1.29 is 33.3 Å². The topological polar surface area (TPSA) is 88.1 Å². The van der Waals surface area contributed by atoms with E-state index in [0.717, 1.165) is 4.90 Å². The average Bonchev–Trinajstić information content (AvgIpc) is 2.98. The van der Waals surface area contributed by atoms with E-state index >= 15 is 0 Å². The molecule has 0 aromatic heterocycles. The van der Waals surface area contributed by atoms with Crippen molar-refractivity contribution in [3.8, 4) is 0 Å². The zero-order valence-electron chi connectivity index (χ0n) is 13.0. The summed E-state index contributed by atoms with van der Waals surface area (Å²) in [6.45, 7) is 2.48. The summed E-state index contributed by atoms with van der Waals surface area (Å²) in [5.41, 5.74) is -0.572. The van der Waals surface area contributed by atoms with Crippen LogP contribution in [0, 0.1) is 0 Å². The van der Waals surface area contributed by atoms with Crippen LogP contribution >= 0.6 is 11.8 Å². The van der Waals surface area contributed by atoms with Gasteiger partial charge in [0.15, 0.2) is 12.2 Å². The number of esters is 3. The molecule has 0 amide bonds. The average molecular weight is 352 g/mol. The molecule has 0 bridgehead atoms. The molecule has 2 aliphatic rings. The van der Waals surface area contributed by atoms with Gasteiger partial charge in [-0.2, -0.15) is 0 Å². The lowest BCUT2D eigenvalue weighted by Gasteiger charge is -2.21. The van der Waals surface area contributed by atoms with Crippen LogP contribution in [0.5, 0.6) is 0 Å². The molecule has 0 aliphatic carbocycles. The van der Waals surface area contributed by atoms with E-state index in [1.807, 2.05) is 30.3 Å². The third kappa shape index (κ3) is 3.39. The molecule has 7 nitrogen and oxygen atoms in total. The number of hydrogen-bond acceptors (Lipinski definition) is 8. The molecule has 128 valence electrons. The zero-order valence-corrected chi connectivity index (χ0v) is 13.9. The third-order valence-corrected chi connectivity index (χ3v) is 4.74. The fraction of sp³-hybridized carbons (Fsp3) is 0.438. The molecule has 24 heavy (non-hydrogen) atoms. The highest BCUT2D eigenvalue weighted by molar-refractivity contribution is 7.99. The summed E-state index contributed by atoms with van der Waals surface area (Å²) in [6, 6.07) is 9.42. The second-order valence-corrected chi connectivity index (χ2v) is 6.58. The number of rotatable bonds is 4. The van der Waals surface area contributed by atoms with Crippen LogP contribution in [0.4, 0.5) is 0 Å². The van der Waals surface area contributed by atoms with Crippen molar-refractivity contribution in [2.24, 2.45) is 0 Å². The monoisotopic (exact) mass is 352 g/mol. The van der Waals surface area contributed by atoms with Crippen LogP contribution in [-0.2, 0) is 33.3 Å². The van der Waals surface area contributed by atoms with E-state index in [9.17, 15) is 14.4 Å². The van der Waals surface area contributed by atoms with E-state index in [-0.39, 0.29) is 0 Å². The van der Waals surface area contributed by atoms with Crippen LogP contribution in [0.3, 0.4) is 0 Å². The number of carbonyl (C=O) groups is 3. The Morgan fingerprint density at radius 1 is 1.04 bits per heavy atom. The van der Waals surface area contributed by atoms with Crippen LogP contribution in [0.15, 0.2) is 35.2 Å². The normalized spacial score (nSPS) is 31.2. The molecular weight excluding hydrogens is 336 g/mol. The molecule has 2 aliphatic heterocycles. The lowest BCUT2D eigenvalue weighted by Crippen LogP contribution is -2.36. The minimum atomic E-state index is -1.15. The molecule has 2 heterocycles. The molecule has 0 saturated carbocycles. The summed E-state index contributed by atoms with van der Waals surface area (Å²) < 4.78 is 21.4. The van der Waals surface area contributed by atoms with E-state index in [4.69, 9.17) is 18.9 Å². The fourth-order valence-electron chi connectivity index (χ4n) is 2.70. The quantitative estimate of drug-likeness (QED) is 0.592. The van der Waals surface area contributed by atoms with Crippen LogP contribution in [0.25, 0.3) is 0 Å². The van der Waals surface area contributed by atoms with Gasteiger partial charge < -0.3 is 18.9 Å². The molecule has 3 rings (SSSR count). The first kappa shape index (κ1) is 16.8. The largest absolute Gasteiger partial charge is 0.455 e. The van der Waals surface area contributed by atoms with Crippen molar-refractivity contribution in [2.45, 2.75) is 48.6 Å². The molecule has 0 spiro atoms. The van der Waals surface area contributed by atoms with Gasteiger partial charge in [0.25, 0.3) is 0 Å². The standard InChI is InChI=1S/C16H16O7S/c1-8(17)20-13-11-12(22-15(13)19)14(21-9(2)18)16(23-11)24-10-6-4-3-5-7-10/h3-7,11-14,16H,1-2H3/t11-,12-,13-,14-,16+/m0/s1. The molecule has 0 unspecified atom stereocenters. The smallest absolute Gasteiger partial charge is 0.350 e. The summed E-state index contributed by atoms with van der Waals surface area (Å²) in [6.07, 6.45) is -3.52. The minimum Gasteiger partial charge on any atom is -0.455 e. The van der Waals surface area contributed by atoms with E-state index in [1.54, 1.807) is 0 Å². The summed E-state index contributed by atoms with van der Waals surface area (Å²) in [5, 5.41) is 0. The van der Waals surface area contributed by atoms with Crippen molar-refractivity contribution in [1.82, 2.24) is 0 Å². The minimum absolute atomic E-state index is 0.505. The second-order valence-electron chi connectivity index (χ2n) is 5.41. The van der Waals surface area contributed by atoms with E-state index < -0.39 is 47.8 Å². The number of benzene rings is 1. The van der Waals surface area contributed by atoms with Gasteiger partial charge in [-0.1, -0.05) is 30.0 Å². The van der Waals surface area contributed by atoms with Crippen molar-refractivity contribution in [1.29, 1.82) is 0 Å². The summed E-state index contributed by atoms with van der Waals surface area (Å²) in [4.78, 5) is 35.4. The van der Waals surface area contributed by atoms with E-state index in [2.05, 4.69) is 0 Å². The van der Waals surface area contributed by atoms with Gasteiger partial charge in [0.05, 0.1) is 0 Å². The first-order chi connectivity index (χ1) is 11.5. The van der Waals surface area contributed by atoms with Crippen molar-refractivity contribution >= 4 is 29.7 Å². The highest BCUT2D eigenvalue weighted by Gasteiger charge is 2.60. The van der Waals surface area contributed by atoms with Crippen LogP contribution in [0.2, 0.25) is 0 Å². The molecule has 0 N–H and O–H groups in total. The number of thioether (sulfide) groups is 1. The molecule has 1 aromatic carbocycles. The zero-order chi connectivity index (χ0) is 17.3. The molecule has 0 radical (unpaired) electrons. The Balaban J connectivity index is 1.81. The first-order valence-corrected chi connectivity index (χ1v) is 8.26. The SMILES string of the molecule is CC(=O)O[C@H]1[C@H]2OC(=O)[C@@H](OC(C)=O)[C@H]2O[C@@H]1Sc1ccccc1. The summed E-state index contributed by atoms with van der Waals surface area (Å²) in [5.74, 6) is -1.81. The molecule has 1 aromatic rings. The van der Waals surface area contributed by atoms with E-state index in [0.29, 0.717) is 0 Å². The third-order valence-electron chi connectivity index (χ3n) is 3.58. The highest BCUT2D eigenvalue weighted by Crippen LogP contribution is 2.41. The molecule has 2 fully saturated rings. The van der Waals surface area contributed by atoms with Gasteiger partial charge in [0.1, 0.15) is 11.5 Å². The summed E-state index contributed by atoms with van der Waals surface area (Å²) >= 11 is 1.35. The van der Waals surface area contributed by atoms with Gasteiger partial charge in [-0.15, -0.1) is 0 Å². The maximum Gasteiger partial charge on any atom is 0.350 e. The summed E-state index contributed by atoms with van der Waals surface area (Å²) in [7, 11) is 0. The van der Waals surface area contributed by atoms with Crippen molar-refractivity contribution in [3.05, 3.63) is 30.3 Å². The van der Waals surface area contributed by atoms with Gasteiger partial charge in [0, 0.05) is 18.7 Å². The lowest BCUT2D eigenvalue weighted by atomic mass is 10.1. The van der Waals surface area contributed by atoms with Crippen LogP contribution < -0.4 is 0 Å². The number of hydrogen-bond donors (Lipinski definition) is 0. The number of ether oxygens (including phenoxy) is 4. The van der Waals surface area contributed by atoms with Crippen molar-refractivity contribution in [3.63, 3.8) is 0 Å². The van der Waals surface area contributed by atoms with Gasteiger partial charge in [-0.25, -0.2) is 4.79 Å². The molecule has 8 heteroatoms. The lowest BCUT2D eigenvalue weighted by molar-refractivity contribution is -0.167. The highest BCUT2D eigenvalue weighted by atomic mass is 32.2. The predicted octanol–water partition coefficient (Wildman–Crippen LogP) is 1.29. The predicted molar refractivity (Wildman–Crippen MR) is 81.9 cm³/mol. The first-order valence-electron chi connectivity index (χ1n) is 7.38. The fourth-order valence-corrected chi connectivity index (χ4v) is 3.81. The Kier molecular flexibility index (Phi) is 4.77. The Bertz CT molecular complexity index is 647. The van der Waals surface area contributed by atoms with Gasteiger partial charge >= 0.3 is 17.9 Å². The maximum atomic E-state index is 11.9.